The van der Waals surface area contributed by atoms with Crippen LogP contribution in [0.4, 0.5) is 22.4 Å². The van der Waals surface area contributed by atoms with E-state index in [1.807, 2.05) is 0 Å². The zero-order valence-electron chi connectivity index (χ0n) is 15.7. The van der Waals surface area contributed by atoms with Gasteiger partial charge in [-0.3, -0.25) is 9.48 Å². The average Bonchev–Trinajstić information content (AvgIpc) is 3.10. The van der Waals surface area contributed by atoms with Crippen molar-refractivity contribution in [2.75, 3.05) is 13.1 Å². The molecule has 0 aliphatic carbocycles. The van der Waals surface area contributed by atoms with Crippen molar-refractivity contribution in [2.45, 2.75) is 31.7 Å². The van der Waals surface area contributed by atoms with Crippen LogP contribution in [0.1, 0.15) is 24.1 Å². The first-order valence-corrected chi connectivity index (χ1v) is 9.32. The Kier molecular flexibility index (Phi) is 6.20. The van der Waals surface area contributed by atoms with Crippen molar-refractivity contribution < 1.29 is 27.2 Å². The Morgan fingerprint density at radius 3 is 2.80 bits per heavy atom. The third kappa shape index (κ3) is 5.02. The molecule has 0 radical (unpaired) electrons. The summed E-state index contributed by atoms with van der Waals surface area (Å²) in [6, 6.07) is 1.42. The number of hydrogen-bond acceptors (Lipinski definition) is 3. The summed E-state index contributed by atoms with van der Waals surface area (Å²) in [6.07, 6.45) is -2.15. The molecule has 12 heteroatoms. The zero-order chi connectivity index (χ0) is 22.1. The van der Waals surface area contributed by atoms with E-state index in [1.165, 1.54) is 23.2 Å². The molecule has 0 spiro atoms. The highest BCUT2D eigenvalue weighted by atomic mass is 35.5. The van der Waals surface area contributed by atoms with Crippen LogP contribution in [0, 0.1) is 5.82 Å². The number of piperazine rings is 1. The molecule has 2 heterocycles. The van der Waals surface area contributed by atoms with E-state index in [-0.39, 0.29) is 29.6 Å². The summed E-state index contributed by atoms with van der Waals surface area (Å²) in [5, 5.41) is 8.80. The largest absolute Gasteiger partial charge is 0.408 e. The van der Waals surface area contributed by atoms with Crippen LogP contribution in [0.3, 0.4) is 0 Å². The van der Waals surface area contributed by atoms with Crippen LogP contribution in [0.2, 0.25) is 5.02 Å². The SMILES string of the molecule is C[C@@H]1C(=O)NCCN1C(=O)NC(c1ccc(F)c(Cl)c1)c1cnn(CC(F)(F)F)c1. The monoisotopic (exact) mass is 447 g/mol. The summed E-state index contributed by atoms with van der Waals surface area (Å²) in [6.45, 7) is 0.774. The van der Waals surface area contributed by atoms with E-state index < -0.39 is 36.7 Å². The molecule has 1 saturated heterocycles. The Bertz CT molecular complexity index is 949. The molecule has 0 saturated carbocycles. The van der Waals surface area contributed by atoms with Gasteiger partial charge in [0, 0.05) is 24.8 Å². The summed E-state index contributed by atoms with van der Waals surface area (Å²) in [7, 11) is 0. The van der Waals surface area contributed by atoms with Crippen molar-refractivity contribution in [3.05, 3.63) is 52.6 Å². The van der Waals surface area contributed by atoms with E-state index in [0.29, 0.717) is 10.2 Å². The van der Waals surface area contributed by atoms with Gasteiger partial charge in [-0.2, -0.15) is 18.3 Å². The highest BCUT2D eigenvalue weighted by molar-refractivity contribution is 6.30. The average molecular weight is 448 g/mol. The summed E-state index contributed by atoms with van der Waals surface area (Å²) < 4.78 is 52.3. The molecule has 1 unspecified atom stereocenters. The lowest BCUT2D eigenvalue weighted by Crippen LogP contribution is -2.58. The van der Waals surface area contributed by atoms with Crippen LogP contribution in [0.5, 0.6) is 0 Å². The molecule has 30 heavy (non-hydrogen) atoms. The van der Waals surface area contributed by atoms with Crippen LogP contribution >= 0.6 is 11.6 Å². The number of rotatable bonds is 4. The minimum absolute atomic E-state index is 0.208. The Balaban J connectivity index is 1.91. The van der Waals surface area contributed by atoms with E-state index in [4.69, 9.17) is 11.6 Å². The van der Waals surface area contributed by atoms with Gasteiger partial charge in [-0.1, -0.05) is 17.7 Å². The number of carbonyl (C=O) groups excluding carboxylic acids is 2. The van der Waals surface area contributed by atoms with E-state index in [9.17, 15) is 27.2 Å². The lowest BCUT2D eigenvalue weighted by Gasteiger charge is -2.34. The molecular formula is C18H18ClF4N5O2. The summed E-state index contributed by atoms with van der Waals surface area (Å²) in [4.78, 5) is 26.0. The van der Waals surface area contributed by atoms with E-state index in [1.54, 1.807) is 6.92 Å². The molecule has 3 rings (SSSR count). The highest BCUT2D eigenvalue weighted by Gasteiger charge is 2.32. The first-order valence-electron chi connectivity index (χ1n) is 8.94. The van der Waals surface area contributed by atoms with Gasteiger partial charge in [-0.15, -0.1) is 0 Å². The molecule has 2 atom stereocenters. The molecule has 1 aromatic carbocycles. The summed E-state index contributed by atoms with van der Waals surface area (Å²) in [5.74, 6) is -1.00. The first kappa shape index (κ1) is 21.9. The van der Waals surface area contributed by atoms with Crippen molar-refractivity contribution in [3.8, 4) is 0 Å². The number of nitrogens with zero attached hydrogens (tertiary/aromatic N) is 3. The molecule has 1 aromatic heterocycles. The predicted octanol–water partition coefficient (Wildman–Crippen LogP) is 2.86. The maximum absolute atomic E-state index is 13.6. The minimum atomic E-state index is -4.47. The number of nitrogens with one attached hydrogen (secondary N) is 2. The van der Waals surface area contributed by atoms with Crippen molar-refractivity contribution in [1.29, 1.82) is 0 Å². The zero-order valence-corrected chi connectivity index (χ0v) is 16.5. The predicted molar refractivity (Wildman–Crippen MR) is 99.2 cm³/mol. The van der Waals surface area contributed by atoms with Gasteiger partial charge in [0.15, 0.2) is 0 Å². The van der Waals surface area contributed by atoms with E-state index in [0.717, 1.165) is 12.3 Å². The molecule has 3 amide bonds. The van der Waals surface area contributed by atoms with Crippen molar-refractivity contribution in [1.82, 2.24) is 25.3 Å². The van der Waals surface area contributed by atoms with E-state index in [2.05, 4.69) is 15.7 Å². The van der Waals surface area contributed by atoms with Crippen molar-refractivity contribution in [2.24, 2.45) is 0 Å². The summed E-state index contributed by atoms with van der Waals surface area (Å²) >= 11 is 5.84. The topological polar surface area (TPSA) is 79.3 Å². The Morgan fingerprint density at radius 2 is 2.13 bits per heavy atom. The minimum Gasteiger partial charge on any atom is -0.353 e. The summed E-state index contributed by atoms with van der Waals surface area (Å²) in [5.41, 5.74) is 0.583. The Morgan fingerprint density at radius 1 is 1.40 bits per heavy atom. The number of hydrogen-bond donors (Lipinski definition) is 2. The maximum atomic E-state index is 13.6. The molecular weight excluding hydrogens is 430 g/mol. The van der Waals surface area contributed by atoms with E-state index >= 15 is 0 Å². The number of carbonyl (C=O) groups is 2. The molecule has 1 aliphatic heterocycles. The van der Waals surface area contributed by atoms with Crippen LogP contribution in [0.15, 0.2) is 30.6 Å². The van der Waals surface area contributed by atoms with Gasteiger partial charge in [0.1, 0.15) is 18.4 Å². The number of urea groups is 1. The molecule has 7 nitrogen and oxygen atoms in total. The van der Waals surface area contributed by atoms with Gasteiger partial charge in [-0.25, -0.2) is 9.18 Å². The smallest absolute Gasteiger partial charge is 0.353 e. The number of alkyl halides is 3. The van der Waals surface area contributed by atoms with Gasteiger partial charge in [0.05, 0.1) is 17.3 Å². The standard InChI is InChI=1S/C18H18ClF4N5O2/c1-10-16(29)24-4-5-28(10)17(30)26-15(11-2-3-14(20)13(19)6-11)12-7-25-27(8-12)9-18(21,22)23/h2-3,6-8,10,15H,4-5,9H2,1H3,(H,24,29)(H,26,30)/t10-,15?/m1/s1. The van der Waals surface area contributed by atoms with Crippen LogP contribution in [-0.4, -0.2) is 51.9 Å². The van der Waals surface area contributed by atoms with Gasteiger partial charge >= 0.3 is 12.2 Å². The molecule has 1 fully saturated rings. The second kappa shape index (κ2) is 8.50. The van der Waals surface area contributed by atoms with Crippen LogP contribution in [0.25, 0.3) is 0 Å². The van der Waals surface area contributed by atoms with Crippen LogP contribution < -0.4 is 10.6 Å². The Hall–Kier alpha value is -2.82. The number of halogens is 5. The third-order valence-corrected chi connectivity index (χ3v) is 4.92. The molecule has 2 N–H and O–H groups in total. The Labute approximate surface area is 174 Å². The fourth-order valence-corrected chi connectivity index (χ4v) is 3.31. The fourth-order valence-electron chi connectivity index (χ4n) is 3.12. The van der Waals surface area contributed by atoms with Crippen molar-refractivity contribution >= 4 is 23.5 Å². The molecule has 162 valence electrons. The second-order valence-corrected chi connectivity index (χ2v) is 7.21. The quantitative estimate of drug-likeness (QED) is 0.707. The number of amides is 3. The maximum Gasteiger partial charge on any atom is 0.408 e. The van der Waals surface area contributed by atoms with Gasteiger partial charge in [0.2, 0.25) is 5.91 Å². The van der Waals surface area contributed by atoms with Gasteiger partial charge in [-0.05, 0) is 24.6 Å². The molecule has 1 aliphatic rings. The highest BCUT2D eigenvalue weighted by Crippen LogP contribution is 2.27. The second-order valence-electron chi connectivity index (χ2n) is 6.80. The number of aromatic nitrogens is 2. The normalized spacial score (nSPS) is 18.1. The first-order chi connectivity index (χ1) is 14.0. The lowest BCUT2D eigenvalue weighted by atomic mass is 10.0. The van der Waals surface area contributed by atoms with Crippen LogP contribution in [-0.2, 0) is 11.3 Å². The van der Waals surface area contributed by atoms with Crippen molar-refractivity contribution in [3.63, 3.8) is 0 Å². The molecule has 0 bridgehead atoms. The molecule has 2 aromatic rings. The van der Waals surface area contributed by atoms with Gasteiger partial charge < -0.3 is 15.5 Å². The van der Waals surface area contributed by atoms with Gasteiger partial charge in [0.25, 0.3) is 0 Å². The third-order valence-electron chi connectivity index (χ3n) is 4.63. The lowest BCUT2D eigenvalue weighted by molar-refractivity contribution is -0.142. The fraction of sp³-hybridized carbons (Fsp3) is 0.389. The number of benzene rings is 1.